The van der Waals surface area contributed by atoms with E-state index < -0.39 is 58.3 Å². The van der Waals surface area contributed by atoms with E-state index in [0.717, 1.165) is 0 Å². The lowest BCUT2D eigenvalue weighted by atomic mass is 9.88. The number of rotatable bonds is 7. The zero-order valence-corrected chi connectivity index (χ0v) is 21.6. The van der Waals surface area contributed by atoms with Gasteiger partial charge in [0, 0.05) is 5.33 Å². The summed E-state index contributed by atoms with van der Waals surface area (Å²) in [5, 5.41) is 11.6. The number of alkyl halides is 3. The topological polar surface area (TPSA) is 101 Å². The molecule has 1 N–H and O–H groups in total. The molecule has 1 saturated heterocycles. The fourth-order valence-electron chi connectivity index (χ4n) is 3.19. The standard InChI is InChI=1S/C19H27BrClIO8/c1-9(2)17(24)30-16-10(3)27-18(15(22)19(16,4)25)28-11-5-6-26-12(7-20)14(11)29-13(23)8-21/h5-6,9-12,14-16,18,25H,7-8H2,1-4H3/t10-,11+,12+,14-,15-,16-,18-,19-/m0/s1. The molecule has 0 aromatic heterocycles. The highest BCUT2D eigenvalue weighted by molar-refractivity contribution is 14.1. The molecule has 30 heavy (non-hydrogen) atoms. The van der Waals surface area contributed by atoms with Crippen molar-refractivity contribution in [3.05, 3.63) is 12.3 Å². The first-order valence-corrected chi connectivity index (χ1v) is 12.4. The van der Waals surface area contributed by atoms with E-state index >= 15 is 0 Å². The average molecular weight is 626 g/mol. The second-order valence-electron chi connectivity index (χ2n) is 7.70. The predicted molar refractivity (Wildman–Crippen MR) is 121 cm³/mol. The lowest BCUT2D eigenvalue weighted by molar-refractivity contribution is -0.285. The third-order valence-corrected chi connectivity index (χ3v) is 7.60. The van der Waals surface area contributed by atoms with Crippen LogP contribution in [-0.4, -0.2) is 74.6 Å². The number of halogens is 3. The van der Waals surface area contributed by atoms with Gasteiger partial charge in [-0.25, -0.2) is 0 Å². The first-order valence-electron chi connectivity index (χ1n) is 9.54. The molecule has 0 amide bonds. The number of hydrogen-bond acceptors (Lipinski definition) is 8. The number of carbonyl (C=O) groups is 2. The van der Waals surface area contributed by atoms with Crippen molar-refractivity contribution in [2.45, 2.75) is 74.0 Å². The Morgan fingerprint density at radius 3 is 2.60 bits per heavy atom. The maximum atomic E-state index is 12.1. The van der Waals surface area contributed by atoms with Gasteiger partial charge in [0.25, 0.3) is 0 Å². The van der Waals surface area contributed by atoms with Gasteiger partial charge in [0.05, 0.1) is 22.2 Å². The van der Waals surface area contributed by atoms with Crippen molar-refractivity contribution in [2.75, 3.05) is 11.2 Å². The van der Waals surface area contributed by atoms with Crippen molar-refractivity contribution >= 4 is 62.1 Å². The van der Waals surface area contributed by atoms with Crippen LogP contribution < -0.4 is 0 Å². The lowest BCUT2D eigenvalue weighted by Crippen LogP contribution is -2.64. The van der Waals surface area contributed by atoms with E-state index in [4.69, 9.17) is 35.3 Å². The highest BCUT2D eigenvalue weighted by atomic mass is 127. The van der Waals surface area contributed by atoms with E-state index in [0.29, 0.717) is 5.33 Å². The quantitative estimate of drug-likeness (QED) is 0.262. The van der Waals surface area contributed by atoms with Gasteiger partial charge in [0.15, 0.2) is 18.5 Å². The van der Waals surface area contributed by atoms with Crippen molar-refractivity contribution in [3.8, 4) is 0 Å². The molecule has 2 rings (SSSR count). The second-order valence-corrected chi connectivity index (χ2v) is 9.95. The lowest BCUT2D eigenvalue weighted by Gasteiger charge is -2.48. The van der Waals surface area contributed by atoms with Crippen molar-refractivity contribution in [2.24, 2.45) is 5.92 Å². The molecule has 0 aromatic carbocycles. The Hall–Kier alpha value is -0.140. The summed E-state index contributed by atoms with van der Waals surface area (Å²) in [6.07, 6.45) is -1.19. The van der Waals surface area contributed by atoms with Crippen LogP contribution in [0.1, 0.15) is 27.7 Å². The SMILES string of the molecule is CC(C)C(=O)O[C@H]1[C@H](C)O[C@@H](O[C@@H]2C=CO[C@H](CBr)[C@H]2OC(=O)CCl)[C@H](I)[C@]1(C)O. The van der Waals surface area contributed by atoms with Gasteiger partial charge in [0.2, 0.25) is 0 Å². The first kappa shape index (κ1) is 26.1. The minimum absolute atomic E-state index is 0.300. The zero-order chi connectivity index (χ0) is 22.6. The van der Waals surface area contributed by atoms with Gasteiger partial charge in [-0.2, -0.15) is 0 Å². The van der Waals surface area contributed by atoms with E-state index in [1.165, 1.54) is 6.26 Å². The number of ether oxygens (including phenoxy) is 5. The highest BCUT2D eigenvalue weighted by Crippen LogP contribution is 2.38. The van der Waals surface area contributed by atoms with Gasteiger partial charge >= 0.3 is 11.9 Å². The van der Waals surface area contributed by atoms with Gasteiger partial charge in [-0.15, -0.1) is 11.6 Å². The predicted octanol–water partition coefficient (Wildman–Crippen LogP) is 2.70. The van der Waals surface area contributed by atoms with E-state index in [1.54, 1.807) is 33.8 Å². The summed E-state index contributed by atoms with van der Waals surface area (Å²) in [7, 11) is 0. The van der Waals surface area contributed by atoms with Crippen LogP contribution in [0.5, 0.6) is 0 Å². The molecule has 172 valence electrons. The summed E-state index contributed by atoms with van der Waals surface area (Å²) in [5.74, 6) is -1.65. The molecular formula is C19H27BrClIO8. The smallest absolute Gasteiger partial charge is 0.321 e. The van der Waals surface area contributed by atoms with Crippen LogP contribution in [0.2, 0.25) is 0 Å². The second kappa shape index (κ2) is 11.1. The van der Waals surface area contributed by atoms with Gasteiger partial charge in [-0.05, 0) is 19.9 Å². The van der Waals surface area contributed by atoms with Crippen molar-refractivity contribution in [3.63, 3.8) is 0 Å². The van der Waals surface area contributed by atoms with E-state index in [-0.39, 0.29) is 11.8 Å². The van der Waals surface area contributed by atoms with Gasteiger partial charge in [-0.1, -0.05) is 52.4 Å². The number of aliphatic hydroxyl groups is 1. The van der Waals surface area contributed by atoms with Crippen molar-refractivity contribution in [1.29, 1.82) is 0 Å². The summed E-state index contributed by atoms with van der Waals surface area (Å²) >= 11 is 10.9. The van der Waals surface area contributed by atoms with E-state index in [2.05, 4.69) is 15.9 Å². The maximum Gasteiger partial charge on any atom is 0.321 e. The minimum atomic E-state index is -1.42. The molecule has 0 aliphatic carbocycles. The summed E-state index contributed by atoms with van der Waals surface area (Å²) < 4.78 is 27.9. The summed E-state index contributed by atoms with van der Waals surface area (Å²) in [4.78, 5) is 23.9. The Balaban J connectivity index is 2.17. The molecule has 2 aliphatic heterocycles. The van der Waals surface area contributed by atoms with Crippen LogP contribution in [-0.2, 0) is 33.3 Å². The van der Waals surface area contributed by atoms with Gasteiger partial charge < -0.3 is 28.8 Å². The first-order chi connectivity index (χ1) is 14.0. The molecule has 1 fully saturated rings. The number of hydrogen-bond donors (Lipinski definition) is 1. The summed E-state index contributed by atoms with van der Waals surface area (Å²) in [5.41, 5.74) is -1.42. The molecule has 8 atom stereocenters. The molecule has 0 bridgehead atoms. The minimum Gasteiger partial charge on any atom is -0.493 e. The van der Waals surface area contributed by atoms with Crippen molar-refractivity contribution < 1.29 is 38.4 Å². The normalized spacial score (nSPS) is 38.8. The van der Waals surface area contributed by atoms with Crippen LogP contribution >= 0.6 is 50.1 Å². The third kappa shape index (κ3) is 6.00. The van der Waals surface area contributed by atoms with Crippen LogP contribution in [0.25, 0.3) is 0 Å². The van der Waals surface area contributed by atoms with E-state index in [9.17, 15) is 14.7 Å². The number of esters is 2. The Kier molecular flexibility index (Phi) is 9.69. The summed E-state index contributed by atoms with van der Waals surface area (Å²) in [6.45, 7) is 6.74. The molecule has 2 aliphatic rings. The molecule has 0 aromatic rings. The average Bonchev–Trinajstić information content (AvgIpc) is 2.70. The summed E-state index contributed by atoms with van der Waals surface area (Å²) in [6, 6.07) is 0. The molecule has 2 heterocycles. The van der Waals surface area contributed by atoms with E-state index in [1.807, 2.05) is 22.6 Å². The Bertz CT molecular complexity index is 646. The molecule has 8 nitrogen and oxygen atoms in total. The fourth-order valence-corrected chi connectivity index (χ4v) is 4.46. The Morgan fingerprint density at radius 2 is 2.03 bits per heavy atom. The molecule has 0 saturated carbocycles. The van der Waals surface area contributed by atoms with Crippen LogP contribution in [0, 0.1) is 5.92 Å². The number of carbonyl (C=O) groups excluding carboxylic acids is 2. The fraction of sp³-hybridized carbons (Fsp3) is 0.789. The third-order valence-electron chi connectivity index (χ3n) is 4.89. The molecule has 0 spiro atoms. The monoisotopic (exact) mass is 624 g/mol. The van der Waals surface area contributed by atoms with Crippen molar-refractivity contribution in [1.82, 2.24) is 0 Å². The zero-order valence-electron chi connectivity index (χ0n) is 17.1. The maximum absolute atomic E-state index is 12.1. The van der Waals surface area contributed by atoms with Crippen LogP contribution in [0.15, 0.2) is 12.3 Å². The van der Waals surface area contributed by atoms with Crippen LogP contribution in [0.4, 0.5) is 0 Å². The highest BCUT2D eigenvalue weighted by Gasteiger charge is 2.54. The molecular weight excluding hydrogens is 598 g/mol. The molecule has 11 heteroatoms. The Labute approximate surface area is 203 Å². The molecule has 0 unspecified atom stereocenters. The molecule has 0 radical (unpaired) electrons. The Morgan fingerprint density at radius 1 is 1.37 bits per heavy atom. The van der Waals surface area contributed by atoms with Gasteiger partial charge in [-0.3, -0.25) is 9.59 Å². The van der Waals surface area contributed by atoms with Gasteiger partial charge in [0.1, 0.15) is 23.7 Å². The van der Waals surface area contributed by atoms with Crippen LogP contribution in [0.3, 0.4) is 0 Å². The largest absolute Gasteiger partial charge is 0.493 e.